The first-order valence-corrected chi connectivity index (χ1v) is 8.87. The van der Waals surface area contributed by atoms with E-state index in [-0.39, 0.29) is 5.41 Å². The first-order valence-electron chi connectivity index (χ1n) is 8.87. The molecule has 0 radical (unpaired) electrons. The summed E-state index contributed by atoms with van der Waals surface area (Å²) in [6, 6.07) is 4.50. The van der Waals surface area contributed by atoms with Crippen LogP contribution in [0, 0.1) is 11.8 Å². The number of primary amides is 1. The van der Waals surface area contributed by atoms with Gasteiger partial charge in [-0.2, -0.15) is 0 Å². The highest BCUT2D eigenvalue weighted by molar-refractivity contribution is 5.99. The largest absolute Gasteiger partial charge is 0.398 e. The molecule has 0 aromatic heterocycles. The molecule has 2 fully saturated rings. The third kappa shape index (κ3) is 2.18. The van der Waals surface area contributed by atoms with Crippen LogP contribution >= 0.6 is 0 Å². The number of rotatable bonds is 3. The lowest BCUT2D eigenvalue weighted by Gasteiger charge is -2.55. The molecule has 4 nitrogen and oxygen atoms in total. The zero-order chi connectivity index (χ0) is 16.4. The molecule has 1 heterocycles. The molecule has 2 aliphatic carbocycles. The van der Waals surface area contributed by atoms with Crippen molar-refractivity contribution in [3.63, 3.8) is 0 Å². The van der Waals surface area contributed by atoms with Crippen LogP contribution in [-0.2, 0) is 11.8 Å². The summed E-state index contributed by atoms with van der Waals surface area (Å²) >= 11 is 0. The van der Waals surface area contributed by atoms with Gasteiger partial charge in [0.2, 0.25) is 0 Å². The number of amides is 1. The maximum absolute atomic E-state index is 11.7. The van der Waals surface area contributed by atoms with Crippen LogP contribution < -0.4 is 11.5 Å². The number of hydrogen-bond acceptors (Lipinski definition) is 3. The molecule has 1 saturated heterocycles. The van der Waals surface area contributed by atoms with Gasteiger partial charge in [-0.15, -0.1) is 0 Å². The van der Waals surface area contributed by atoms with Gasteiger partial charge in [0.1, 0.15) is 0 Å². The molecule has 4 rings (SSSR count). The lowest BCUT2D eigenvalue weighted by molar-refractivity contribution is 0.0288. The minimum absolute atomic E-state index is 0.0494. The average Bonchev–Trinajstić information content (AvgIpc) is 3.29. The van der Waals surface area contributed by atoms with Crippen molar-refractivity contribution in [3.05, 3.63) is 28.8 Å². The second-order valence-corrected chi connectivity index (χ2v) is 8.09. The molecule has 1 aliphatic heterocycles. The second kappa shape index (κ2) is 4.97. The number of nitrogens with two attached hydrogens (primary N) is 2. The standard InChI is InChI=1S/C19H27N3O/c1-11-15-9-13-5-6-14(18(21)23)17(20)16(13)19(11,2)7-8-22(15)10-12-3-4-12/h5-6,11-12,15H,3-4,7-10,20H2,1-2H3,(H2,21,23)/t11-,15+,19+/m0/s1. The first kappa shape index (κ1) is 15.0. The predicted octanol–water partition coefficient (Wildman–Crippen LogP) is 2.30. The van der Waals surface area contributed by atoms with Gasteiger partial charge in [0.25, 0.3) is 5.91 Å². The molecule has 3 aliphatic rings. The van der Waals surface area contributed by atoms with Gasteiger partial charge in [-0.3, -0.25) is 9.69 Å². The van der Waals surface area contributed by atoms with Gasteiger partial charge >= 0.3 is 0 Å². The van der Waals surface area contributed by atoms with Crippen LogP contribution in [0.25, 0.3) is 0 Å². The number of piperidine rings is 1. The van der Waals surface area contributed by atoms with Crippen LogP contribution in [0.3, 0.4) is 0 Å². The van der Waals surface area contributed by atoms with Crippen molar-refractivity contribution in [1.82, 2.24) is 4.90 Å². The third-order valence-corrected chi connectivity index (χ3v) is 6.76. The van der Waals surface area contributed by atoms with E-state index >= 15 is 0 Å². The van der Waals surface area contributed by atoms with Crippen molar-refractivity contribution >= 4 is 11.6 Å². The van der Waals surface area contributed by atoms with E-state index in [0.29, 0.717) is 23.2 Å². The molecule has 1 amide bonds. The van der Waals surface area contributed by atoms with Crippen LogP contribution in [0.5, 0.6) is 0 Å². The van der Waals surface area contributed by atoms with Crippen LogP contribution in [0.4, 0.5) is 5.69 Å². The van der Waals surface area contributed by atoms with Crippen molar-refractivity contribution in [1.29, 1.82) is 0 Å². The van der Waals surface area contributed by atoms with Crippen molar-refractivity contribution in [2.75, 3.05) is 18.8 Å². The number of carbonyl (C=O) groups excluding carboxylic acids is 1. The number of anilines is 1. The number of hydrogen-bond donors (Lipinski definition) is 2. The Bertz CT molecular complexity index is 667. The Morgan fingerprint density at radius 3 is 2.78 bits per heavy atom. The molecule has 4 heteroatoms. The van der Waals surface area contributed by atoms with Crippen LogP contribution in [0.1, 0.15) is 54.6 Å². The van der Waals surface area contributed by atoms with Crippen LogP contribution in [0.2, 0.25) is 0 Å². The van der Waals surface area contributed by atoms with Gasteiger partial charge in [0.15, 0.2) is 0 Å². The minimum Gasteiger partial charge on any atom is -0.398 e. The highest BCUT2D eigenvalue weighted by atomic mass is 16.1. The van der Waals surface area contributed by atoms with Crippen LogP contribution in [0.15, 0.2) is 12.1 Å². The maximum Gasteiger partial charge on any atom is 0.250 e. The molecule has 1 aromatic carbocycles. The van der Waals surface area contributed by atoms with Gasteiger partial charge in [-0.1, -0.05) is 19.9 Å². The molecule has 4 N–H and O–H groups in total. The fourth-order valence-electron chi connectivity index (χ4n) is 4.98. The predicted molar refractivity (Wildman–Crippen MR) is 92.3 cm³/mol. The number of benzene rings is 1. The Labute approximate surface area is 138 Å². The van der Waals surface area contributed by atoms with Crippen molar-refractivity contribution in [2.24, 2.45) is 17.6 Å². The molecule has 1 aromatic rings. The van der Waals surface area contributed by atoms with E-state index in [4.69, 9.17) is 11.5 Å². The third-order valence-electron chi connectivity index (χ3n) is 6.76. The molecule has 3 atom stereocenters. The monoisotopic (exact) mass is 313 g/mol. The van der Waals surface area contributed by atoms with Crippen molar-refractivity contribution in [2.45, 2.75) is 51.0 Å². The number of likely N-dealkylation sites (tertiary alicyclic amines) is 1. The molecular weight excluding hydrogens is 286 g/mol. The normalized spacial score (nSPS) is 33.3. The zero-order valence-electron chi connectivity index (χ0n) is 14.1. The van der Waals surface area contributed by atoms with Gasteiger partial charge in [-0.25, -0.2) is 0 Å². The summed E-state index contributed by atoms with van der Waals surface area (Å²) in [6.45, 7) is 7.10. The first-order chi connectivity index (χ1) is 10.9. The Morgan fingerprint density at radius 1 is 1.39 bits per heavy atom. The van der Waals surface area contributed by atoms with E-state index in [0.717, 1.165) is 25.3 Å². The molecule has 0 spiro atoms. The highest BCUT2D eigenvalue weighted by Crippen LogP contribution is 2.51. The van der Waals surface area contributed by atoms with Crippen molar-refractivity contribution < 1.29 is 4.79 Å². The minimum atomic E-state index is -0.421. The highest BCUT2D eigenvalue weighted by Gasteiger charge is 2.50. The molecule has 2 bridgehead atoms. The number of nitrogens with zero attached hydrogens (tertiary/aromatic N) is 1. The van der Waals surface area contributed by atoms with Gasteiger partial charge in [0.05, 0.1) is 5.56 Å². The fourth-order valence-corrected chi connectivity index (χ4v) is 4.98. The fraction of sp³-hybridized carbons (Fsp3) is 0.632. The Kier molecular flexibility index (Phi) is 3.24. The summed E-state index contributed by atoms with van der Waals surface area (Å²) in [6.07, 6.45) is 4.96. The molecule has 0 unspecified atom stereocenters. The van der Waals surface area contributed by atoms with E-state index in [1.54, 1.807) is 0 Å². The Morgan fingerprint density at radius 2 is 2.13 bits per heavy atom. The SMILES string of the molecule is C[C@H]1[C@H]2Cc3ccc(C(N)=O)c(N)c3[C@]1(C)CCN2CC1CC1. The van der Waals surface area contributed by atoms with E-state index in [1.807, 2.05) is 6.07 Å². The summed E-state index contributed by atoms with van der Waals surface area (Å²) < 4.78 is 0. The van der Waals surface area contributed by atoms with E-state index in [2.05, 4.69) is 24.8 Å². The Balaban J connectivity index is 1.77. The molecule has 124 valence electrons. The summed E-state index contributed by atoms with van der Waals surface area (Å²) in [5, 5.41) is 0. The van der Waals surface area contributed by atoms with Gasteiger partial charge < -0.3 is 11.5 Å². The zero-order valence-corrected chi connectivity index (χ0v) is 14.1. The summed E-state index contributed by atoms with van der Waals surface area (Å²) in [5.74, 6) is 1.05. The maximum atomic E-state index is 11.7. The molecule has 23 heavy (non-hydrogen) atoms. The smallest absolute Gasteiger partial charge is 0.250 e. The second-order valence-electron chi connectivity index (χ2n) is 8.09. The lowest BCUT2D eigenvalue weighted by Crippen LogP contribution is -2.58. The topological polar surface area (TPSA) is 72.3 Å². The number of nitrogen functional groups attached to an aromatic ring is 1. The van der Waals surface area contributed by atoms with Crippen molar-refractivity contribution in [3.8, 4) is 0 Å². The number of fused-ring (bicyclic) bond motifs is 4. The average molecular weight is 313 g/mol. The van der Waals surface area contributed by atoms with Gasteiger partial charge in [-0.05, 0) is 61.3 Å². The van der Waals surface area contributed by atoms with Gasteiger partial charge in [0, 0.05) is 23.7 Å². The quantitative estimate of drug-likeness (QED) is 0.841. The molecular formula is C19H27N3O. The van der Waals surface area contributed by atoms with E-state index < -0.39 is 5.91 Å². The lowest BCUT2D eigenvalue weighted by atomic mass is 9.58. The van der Waals surface area contributed by atoms with E-state index in [1.165, 1.54) is 30.5 Å². The number of carbonyl (C=O) groups is 1. The van der Waals surface area contributed by atoms with E-state index in [9.17, 15) is 4.79 Å². The Hall–Kier alpha value is -1.55. The summed E-state index contributed by atoms with van der Waals surface area (Å²) in [4.78, 5) is 14.4. The summed E-state index contributed by atoms with van der Waals surface area (Å²) in [5.41, 5.74) is 15.6. The molecule has 1 saturated carbocycles. The summed E-state index contributed by atoms with van der Waals surface area (Å²) in [7, 11) is 0. The van der Waals surface area contributed by atoms with Crippen LogP contribution in [-0.4, -0.2) is 29.9 Å².